The normalized spacial score (nSPS) is 10.4. The van der Waals surface area contributed by atoms with E-state index in [0.29, 0.717) is 12.0 Å². The Labute approximate surface area is 91.5 Å². The Kier molecular flexibility index (Phi) is 3.43. The van der Waals surface area contributed by atoms with Gasteiger partial charge >= 0.3 is 0 Å². The Morgan fingerprint density at radius 2 is 2.00 bits per heavy atom. The second kappa shape index (κ2) is 4.22. The second-order valence-corrected chi connectivity index (χ2v) is 4.25. The molecule has 0 radical (unpaired) electrons. The molecule has 0 bridgehead atoms. The number of carbonyl (C=O) groups excluding carboxylic acids is 1. The van der Waals surface area contributed by atoms with Crippen LogP contribution in [0.1, 0.15) is 23.6 Å². The number of hydrogen-bond acceptors (Lipinski definition) is 1. The van der Waals surface area contributed by atoms with Crippen LogP contribution < -0.4 is 0 Å². The summed E-state index contributed by atoms with van der Waals surface area (Å²) in [7, 11) is 0. The zero-order valence-electron chi connectivity index (χ0n) is 8.45. The first kappa shape index (κ1) is 11.4. The Hall–Kier alpha value is -0.700. The lowest BCUT2D eigenvalue weighted by Gasteiger charge is -2.09. The smallest absolute Gasteiger partial charge is 0.134 e. The van der Waals surface area contributed by atoms with Gasteiger partial charge in [0.2, 0.25) is 0 Å². The van der Waals surface area contributed by atoms with Gasteiger partial charge in [0.25, 0.3) is 0 Å². The Balaban J connectivity index is 3.25. The monoisotopic (exact) mass is 258 g/mol. The molecule has 3 heteroatoms. The number of carbonyl (C=O) groups is 1. The summed E-state index contributed by atoms with van der Waals surface area (Å²) in [6.07, 6.45) is 0.293. The van der Waals surface area contributed by atoms with E-state index in [1.54, 1.807) is 6.92 Å². The van der Waals surface area contributed by atoms with Crippen molar-refractivity contribution in [3.8, 4) is 0 Å². The quantitative estimate of drug-likeness (QED) is 0.796. The van der Waals surface area contributed by atoms with Gasteiger partial charge in [-0.2, -0.15) is 0 Å². The van der Waals surface area contributed by atoms with E-state index >= 15 is 0 Å². The zero-order valence-corrected chi connectivity index (χ0v) is 10.0. The van der Waals surface area contributed by atoms with E-state index in [9.17, 15) is 9.18 Å². The van der Waals surface area contributed by atoms with Crippen LogP contribution >= 0.6 is 15.9 Å². The molecule has 1 nitrogen and oxygen atoms in total. The first-order valence-electron chi connectivity index (χ1n) is 4.37. The molecule has 0 amide bonds. The topological polar surface area (TPSA) is 17.1 Å². The highest BCUT2D eigenvalue weighted by atomic mass is 79.9. The third-order valence-corrected chi connectivity index (χ3v) is 3.43. The average molecular weight is 259 g/mol. The number of benzene rings is 1. The third-order valence-electron chi connectivity index (χ3n) is 2.24. The molecule has 0 unspecified atom stereocenters. The average Bonchev–Trinajstić information content (AvgIpc) is 2.10. The third kappa shape index (κ3) is 2.21. The van der Waals surface area contributed by atoms with Crippen LogP contribution in [0, 0.1) is 19.7 Å². The predicted molar refractivity (Wildman–Crippen MR) is 58.0 cm³/mol. The van der Waals surface area contributed by atoms with Crippen molar-refractivity contribution in [2.24, 2.45) is 0 Å². The highest BCUT2D eigenvalue weighted by Gasteiger charge is 2.11. The maximum Gasteiger partial charge on any atom is 0.134 e. The van der Waals surface area contributed by atoms with Gasteiger partial charge in [-0.1, -0.05) is 15.9 Å². The number of rotatable bonds is 2. The minimum absolute atomic E-state index is 0.0447. The fourth-order valence-electron chi connectivity index (χ4n) is 1.35. The maximum absolute atomic E-state index is 13.3. The van der Waals surface area contributed by atoms with E-state index in [1.807, 2.05) is 6.92 Å². The molecule has 0 saturated heterocycles. The van der Waals surface area contributed by atoms with E-state index in [4.69, 9.17) is 0 Å². The first-order valence-corrected chi connectivity index (χ1v) is 5.16. The molecule has 0 aromatic heterocycles. The van der Waals surface area contributed by atoms with Crippen LogP contribution in [0.15, 0.2) is 10.5 Å². The fraction of sp³-hybridized carbons (Fsp3) is 0.364. The Morgan fingerprint density at radius 3 is 2.50 bits per heavy atom. The Bertz CT molecular complexity index is 385. The van der Waals surface area contributed by atoms with Crippen LogP contribution in [0.25, 0.3) is 0 Å². The molecular weight excluding hydrogens is 247 g/mol. The summed E-state index contributed by atoms with van der Waals surface area (Å²) < 4.78 is 14.1. The predicted octanol–water partition coefficient (Wildman–Crippen LogP) is 3.34. The largest absolute Gasteiger partial charge is 0.300 e. The van der Waals surface area contributed by atoms with E-state index in [-0.39, 0.29) is 11.6 Å². The van der Waals surface area contributed by atoms with Gasteiger partial charge in [-0.05, 0) is 43.5 Å². The molecule has 0 aliphatic heterocycles. The highest BCUT2D eigenvalue weighted by molar-refractivity contribution is 9.10. The van der Waals surface area contributed by atoms with Crippen LogP contribution in [0.2, 0.25) is 0 Å². The molecule has 0 heterocycles. The van der Waals surface area contributed by atoms with Gasteiger partial charge in [0, 0.05) is 10.9 Å². The van der Waals surface area contributed by atoms with E-state index in [2.05, 4.69) is 15.9 Å². The first-order chi connectivity index (χ1) is 6.43. The summed E-state index contributed by atoms with van der Waals surface area (Å²) in [6, 6.07) is 1.44. The molecule has 14 heavy (non-hydrogen) atoms. The minimum Gasteiger partial charge on any atom is -0.300 e. The minimum atomic E-state index is -0.265. The SMILES string of the molecule is CC(=O)Cc1cc(F)c(C)c(Br)c1C. The summed E-state index contributed by atoms with van der Waals surface area (Å²) >= 11 is 3.32. The molecule has 0 aliphatic carbocycles. The van der Waals surface area contributed by atoms with Crippen molar-refractivity contribution < 1.29 is 9.18 Å². The van der Waals surface area contributed by atoms with Crippen LogP contribution in [0.4, 0.5) is 4.39 Å². The van der Waals surface area contributed by atoms with Gasteiger partial charge in [-0.15, -0.1) is 0 Å². The van der Waals surface area contributed by atoms with Gasteiger partial charge in [0.15, 0.2) is 0 Å². The molecule has 0 saturated carbocycles. The molecule has 1 aromatic rings. The molecule has 0 N–H and O–H groups in total. The van der Waals surface area contributed by atoms with E-state index in [0.717, 1.165) is 15.6 Å². The molecule has 0 fully saturated rings. The van der Waals surface area contributed by atoms with Gasteiger partial charge in [0.05, 0.1) is 0 Å². The van der Waals surface area contributed by atoms with E-state index in [1.165, 1.54) is 13.0 Å². The zero-order chi connectivity index (χ0) is 10.9. The number of ketones is 1. The summed E-state index contributed by atoms with van der Waals surface area (Å²) in [5, 5.41) is 0. The lowest BCUT2D eigenvalue weighted by Crippen LogP contribution is -2.02. The lowest BCUT2D eigenvalue weighted by atomic mass is 10.0. The molecule has 1 rings (SSSR count). The van der Waals surface area contributed by atoms with Crippen molar-refractivity contribution in [1.82, 2.24) is 0 Å². The molecular formula is C11H12BrFO. The highest BCUT2D eigenvalue weighted by Crippen LogP contribution is 2.26. The maximum atomic E-state index is 13.3. The fourth-order valence-corrected chi connectivity index (χ4v) is 1.79. The van der Waals surface area contributed by atoms with Gasteiger partial charge in [-0.25, -0.2) is 4.39 Å². The van der Waals surface area contributed by atoms with Crippen LogP contribution in [-0.2, 0) is 11.2 Å². The molecule has 76 valence electrons. The second-order valence-electron chi connectivity index (χ2n) is 3.46. The summed E-state index contributed by atoms with van der Waals surface area (Å²) in [5.74, 6) is -0.220. The molecule has 1 aromatic carbocycles. The van der Waals surface area contributed by atoms with Crippen LogP contribution in [-0.4, -0.2) is 5.78 Å². The summed E-state index contributed by atoms with van der Waals surface area (Å²) in [4.78, 5) is 10.9. The summed E-state index contributed by atoms with van der Waals surface area (Å²) in [5.41, 5.74) is 2.29. The number of Topliss-reactive ketones (excluding diaryl/α,β-unsaturated/α-hetero) is 1. The van der Waals surface area contributed by atoms with Crippen LogP contribution in [0.3, 0.4) is 0 Å². The molecule has 0 aliphatic rings. The van der Waals surface area contributed by atoms with Crippen molar-refractivity contribution in [3.05, 3.63) is 33.0 Å². The van der Waals surface area contributed by atoms with Gasteiger partial charge < -0.3 is 0 Å². The number of halogens is 2. The van der Waals surface area contributed by atoms with Crippen molar-refractivity contribution in [3.63, 3.8) is 0 Å². The van der Waals surface area contributed by atoms with Crippen molar-refractivity contribution in [2.75, 3.05) is 0 Å². The van der Waals surface area contributed by atoms with Crippen molar-refractivity contribution in [2.45, 2.75) is 27.2 Å². The van der Waals surface area contributed by atoms with Gasteiger partial charge in [-0.3, -0.25) is 4.79 Å². The van der Waals surface area contributed by atoms with Crippen molar-refractivity contribution in [1.29, 1.82) is 0 Å². The summed E-state index contributed by atoms with van der Waals surface area (Å²) in [6.45, 7) is 5.10. The van der Waals surface area contributed by atoms with E-state index < -0.39 is 0 Å². The molecule has 0 atom stereocenters. The van der Waals surface area contributed by atoms with Crippen molar-refractivity contribution >= 4 is 21.7 Å². The Morgan fingerprint density at radius 1 is 1.43 bits per heavy atom. The molecule has 0 spiro atoms. The number of hydrogen-bond donors (Lipinski definition) is 0. The van der Waals surface area contributed by atoms with Gasteiger partial charge in [0.1, 0.15) is 11.6 Å². The van der Waals surface area contributed by atoms with Crippen LogP contribution in [0.5, 0.6) is 0 Å². The standard InChI is InChI=1S/C11H12BrFO/c1-6(14)4-9-5-10(13)8(3)11(12)7(9)2/h5H,4H2,1-3H3. The lowest BCUT2D eigenvalue weighted by molar-refractivity contribution is -0.116.